The molecule has 0 fully saturated rings. The lowest BCUT2D eigenvalue weighted by atomic mass is 10.1. The summed E-state index contributed by atoms with van der Waals surface area (Å²) in [6.45, 7) is 0. The van der Waals surface area contributed by atoms with E-state index in [4.69, 9.17) is 14.2 Å². The second kappa shape index (κ2) is 8.24. The first kappa shape index (κ1) is 17.7. The third-order valence-electron chi connectivity index (χ3n) is 3.95. The monoisotopic (exact) mass is 329 g/mol. The normalized spacial score (nSPS) is 10.2. The quantitative estimate of drug-likeness (QED) is 0.782. The fourth-order valence-corrected chi connectivity index (χ4v) is 2.52. The van der Waals surface area contributed by atoms with Crippen molar-refractivity contribution in [3.63, 3.8) is 0 Å². The Morgan fingerprint density at radius 2 is 1.50 bits per heavy atom. The molecule has 0 spiro atoms. The minimum atomic E-state index is 0.0214. The van der Waals surface area contributed by atoms with Crippen molar-refractivity contribution in [2.75, 3.05) is 33.3 Å². The number of rotatable bonds is 7. The van der Waals surface area contributed by atoms with E-state index in [2.05, 4.69) is 0 Å². The Morgan fingerprint density at radius 1 is 0.917 bits per heavy atom. The molecule has 0 saturated heterocycles. The molecule has 24 heavy (non-hydrogen) atoms. The van der Waals surface area contributed by atoms with E-state index in [0.29, 0.717) is 12.8 Å². The summed E-state index contributed by atoms with van der Waals surface area (Å²) in [5.41, 5.74) is 1.73. The van der Waals surface area contributed by atoms with Crippen LogP contribution in [0.3, 0.4) is 0 Å². The van der Waals surface area contributed by atoms with Gasteiger partial charge >= 0.3 is 0 Å². The number of nitrogens with zero attached hydrogens (tertiary/aromatic N) is 1. The zero-order valence-corrected chi connectivity index (χ0v) is 14.5. The molecule has 0 saturated carbocycles. The van der Waals surface area contributed by atoms with Crippen LogP contribution in [0.15, 0.2) is 42.5 Å². The maximum Gasteiger partial charge on any atom is 0.227 e. The van der Waals surface area contributed by atoms with Crippen LogP contribution in [0.5, 0.6) is 17.2 Å². The van der Waals surface area contributed by atoms with Gasteiger partial charge in [-0.1, -0.05) is 6.07 Å². The first-order chi connectivity index (χ1) is 11.6. The third-order valence-corrected chi connectivity index (χ3v) is 3.95. The molecule has 2 aromatic carbocycles. The SMILES string of the molecule is COc1ccc(N(C)C(=O)CCc2c(OC)cccc2OC)cc1. The molecule has 0 atom stereocenters. The van der Waals surface area contributed by atoms with Crippen LogP contribution in [0.25, 0.3) is 0 Å². The standard InChI is InChI=1S/C19H23NO4/c1-20(14-8-10-15(22-2)11-9-14)19(21)13-12-16-17(23-3)6-5-7-18(16)24-4/h5-11H,12-13H2,1-4H3. The van der Waals surface area contributed by atoms with Gasteiger partial charge in [-0.25, -0.2) is 0 Å². The number of ether oxygens (including phenoxy) is 3. The Morgan fingerprint density at radius 3 is 2.00 bits per heavy atom. The maximum atomic E-state index is 12.5. The van der Waals surface area contributed by atoms with Crippen LogP contribution >= 0.6 is 0 Å². The van der Waals surface area contributed by atoms with Crippen molar-refractivity contribution in [3.05, 3.63) is 48.0 Å². The predicted octanol–water partition coefficient (Wildman–Crippen LogP) is 3.31. The molecule has 1 amide bonds. The van der Waals surface area contributed by atoms with Crippen molar-refractivity contribution < 1.29 is 19.0 Å². The lowest BCUT2D eigenvalue weighted by Gasteiger charge is -2.18. The van der Waals surface area contributed by atoms with Crippen LogP contribution in [-0.4, -0.2) is 34.3 Å². The van der Waals surface area contributed by atoms with Gasteiger partial charge < -0.3 is 19.1 Å². The van der Waals surface area contributed by atoms with E-state index in [1.54, 1.807) is 33.3 Å². The lowest BCUT2D eigenvalue weighted by molar-refractivity contribution is -0.118. The lowest BCUT2D eigenvalue weighted by Crippen LogP contribution is -2.26. The summed E-state index contributed by atoms with van der Waals surface area (Å²) in [6.07, 6.45) is 0.909. The topological polar surface area (TPSA) is 48.0 Å². The largest absolute Gasteiger partial charge is 0.497 e. The number of methoxy groups -OCH3 is 3. The van der Waals surface area contributed by atoms with E-state index in [-0.39, 0.29) is 5.91 Å². The highest BCUT2D eigenvalue weighted by atomic mass is 16.5. The van der Waals surface area contributed by atoms with Gasteiger partial charge in [0.05, 0.1) is 21.3 Å². The summed E-state index contributed by atoms with van der Waals surface area (Å²) in [5.74, 6) is 2.25. The number of hydrogen-bond acceptors (Lipinski definition) is 4. The minimum absolute atomic E-state index is 0.0214. The second-order valence-corrected chi connectivity index (χ2v) is 5.29. The average molecular weight is 329 g/mol. The molecular formula is C19H23NO4. The smallest absolute Gasteiger partial charge is 0.227 e. The van der Waals surface area contributed by atoms with Gasteiger partial charge in [-0.05, 0) is 42.8 Å². The number of benzene rings is 2. The van der Waals surface area contributed by atoms with Crippen molar-refractivity contribution in [1.29, 1.82) is 0 Å². The molecule has 0 unspecified atom stereocenters. The van der Waals surface area contributed by atoms with Crippen molar-refractivity contribution in [1.82, 2.24) is 0 Å². The van der Waals surface area contributed by atoms with Crippen LogP contribution in [0.2, 0.25) is 0 Å². The van der Waals surface area contributed by atoms with Crippen LogP contribution in [-0.2, 0) is 11.2 Å². The molecule has 0 aliphatic heterocycles. The number of carbonyl (C=O) groups is 1. The van der Waals surface area contributed by atoms with Crippen LogP contribution in [0.4, 0.5) is 5.69 Å². The number of amides is 1. The molecule has 5 nitrogen and oxygen atoms in total. The summed E-state index contributed by atoms with van der Waals surface area (Å²) >= 11 is 0. The van der Waals surface area contributed by atoms with Gasteiger partial charge in [0, 0.05) is 24.7 Å². The van der Waals surface area contributed by atoms with Gasteiger partial charge in [0.15, 0.2) is 0 Å². The molecule has 2 rings (SSSR count). The van der Waals surface area contributed by atoms with Gasteiger partial charge in [0.2, 0.25) is 5.91 Å². The van der Waals surface area contributed by atoms with Gasteiger partial charge in [-0.2, -0.15) is 0 Å². The van der Waals surface area contributed by atoms with E-state index in [9.17, 15) is 4.79 Å². The summed E-state index contributed by atoms with van der Waals surface area (Å²) in [7, 11) is 6.61. The molecule has 5 heteroatoms. The second-order valence-electron chi connectivity index (χ2n) is 5.29. The summed E-state index contributed by atoms with van der Waals surface area (Å²) < 4.78 is 15.9. The molecule has 2 aromatic rings. The molecular weight excluding hydrogens is 306 g/mol. The third kappa shape index (κ3) is 3.98. The fourth-order valence-electron chi connectivity index (χ4n) is 2.52. The van der Waals surface area contributed by atoms with Crippen LogP contribution < -0.4 is 19.1 Å². The van der Waals surface area contributed by atoms with Crippen LogP contribution in [0.1, 0.15) is 12.0 Å². The maximum absolute atomic E-state index is 12.5. The Kier molecular flexibility index (Phi) is 6.07. The first-order valence-corrected chi connectivity index (χ1v) is 7.71. The van der Waals surface area contributed by atoms with Crippen molar-refractivity contribution in [2.24, 2.45) is 0 Å². The molecule has 0 aromatic heterocycles. The van der Waals surface area contributed by atoms with E-state index in [1.807, 2.05) is 42.5 Å². The van der Waals surface area contributed by atoms with Gasteiger partial charge in [0.25, 0.3) is 0 Å². The fraction of sp³-hybridized carbons (Fsp3) is 0.316. The molecule has 0 N–H and O–H groups in total. The van der Waals surface area contributed by atoms with E-state index in [0.717, 1.165) is 28.5 Å². The average Bonchev–Trinajstić information content (AvgIpc) is 2.65. The molecule has 128 valence electrons. The Balaban J connectivity index is 2.07. The molecule has 0 aliphatic carbocycles. The first-order valence-electron chi connectivity index (χ1n) is 7.71. The summed E-state index contributed by atoms with van der Waals surface area (Å²) in [5, 5.41) is 0. The highest BCUT2D eigenvalue weighted by molar-refractivity contribution is 5.93. The highest BCUT2D eigenvalue weighted by Gasteiger charge is 2.15. The number of anilines is 1. The Hall–Kier alpha value is -2.69. The van der Waals surface area contributed by atoms with Gasteiger partial charge in [-0.15, -0.1) is 0 Å². The van der Waals surface area contributed by atoms with E-state index < -0.39 is 0 Å². The number of hydrogen-bond donors (Lipinski definition) is 0. The molecule has 0 radical (unpaired) electrons. The van der Waals surface area contributed by atoms with Crippen molar-refractivity contribution >= 4 is 11.6 Å². The van der Waals surface area contributed by atoms with E-state index >= 15 is 0 Å². The summed E-state index contributed by atoms with van der Waals surface area (Å²) in [6, 6.07) is 13.0. The zero-order chi connectivity index (χ0) is 17.5. The Bertz CT molecular complexity index is 660. The van der Waals surface area contributed by atoms with Crippen molar-refractivity contribution in [2.45, 2.75) is 12.8 Å². The van der Waals surface area contributed by atoms with Gasteiger partial charge in [-0.3, -0.25) is 4.79 Å². The van der Waals surface area contributed by atoms with Crippen molar-refractivity contribution in [3.8, 4) is 17.2 Å². The Labute approximate surface area is 142 Å². The molecule has 0 bridgehead atoms. The van der Waals surface area contributed by atoms with E-state index in [1.165, 1.54) is 0 Å². The number of carbonyl (C=O) groups excluding carboxylic acids is 1. The minimum Gasteiger partial charge on any atom is -0.497 e. The molecule has 0 heterocycles. The van der Waals surface area contributed by atoms with Crippen LogP contribution in [0, 0.1) is 0 Å². The molecule has 0 aliphatic rings. The zero-order valence-electron chi connectivity index (χ0n) is 14.5. The predicted molar refractivity (Wildman–Crippen MR) is 94.3 cm³/mol. The summed E-state index contributed by atoms with van der Waals surface area (Å²) in [4.78, 5) is 14.1. The highest BCUT2D eigenvalue weighted by Crippen LogP contribution is 2.29. The van der Waals surface area contributed by atoms with Gasteiger partial charge in [0.1, 0.15) is 17.2 Å².